The summed E-state index contributed by atoms with van der Waals surface area (Å²) in [5.74, 6) is 1.11. The minimum Gasteiger partial charge on any atom is -0.481 e. The molecule has 15 heavy (non-hydrogen) atoms. The lowest BCUT2D eigenvalue weighted by Gasteiger charge is -1.98. The minimum absolute atomic E-state index is 0.0382. The molecular formula is C13H14O2. The fraction of sp³-hybridized carbons (Fsp3) is 0.462. The number of carbonyl (C=O) groups is 1. The van der Waals surface area contributed by atoms with Crippen LogP contribution in [0.5, 0.6) is 0 Å². The van der Waals surface area contributed by atoms with E-state index in [1.165, 1.54) is 12.0 Å². The summed E-state index contributed by atoms with van der Waals surface area (Å²) in [5.41, 5.74) is 1.39. The molecular weight excluding hydrogens is 188 g/mol. The van der Waals surface area contributed by atoms with E-state index in [1.807, 2.05) is 6.07 Å². The third kappa shape index (κ3) is 1.54. The molecule has 0 amide bonds. The van der Waals surface area contributed by atoms with E-state index in [4.69, 9.17) is 5.11 Å². The van der Waals surface area contributed by atoms with E-state index in [1.54, 1.807) is 0 Å². The second-order valence-electron chi connectivity index (χ2n) is 4.76. The first-order valence-electron chi connectivity index (χ1n) is 5.55. The van der Waals surface area contributed by atoms with Gasteiger partial charge in [-0.2, -0.15) is 0 Å². The van der Waals surface area contributed by atoms with Crippen LogP contribution >= 0.6 is 0 Å². The van der Waals surface area contributed by atoms with Crippen LogP contribution in [0.25, 0.3) is 0 Å². The van der Waals surface area contributed by atoms with Crippen molar-refractivity contribution in [2.45, 2.75) is 18.8 Å². The number of benzene rings is 1. The van der Waals surface area contributed by atoms with Gasteiger partial charge in [0.1, 0.15) is 0 Å². The van der Waals surface area contributed by atoms with E-state index in [-0.39, 0.29) is 5.92 Å². The van der Waals surface area contributed by atoms with Crippen LogP contribution < -0.4 is 0 Å². The van der Waals surface area contributed by atoms with Gasteiger partial charge < -0.3 is 5.11 Å². The van der Waals surface area contributed by atoms with Gasteiger partial charge in [0.25, 0.3) is 0 Å². The predicted octanol–water partition coefficient (Wildman–Crippen LogP) is 2.51. The topological polar surface area (TPSA) is 37.3 Å². The number of rotatable bonds is 3. The molecule has 2 heteroatoms. The summed E-state index contributed by atoms with van der Waals surface area (Å²) in [5, 5.41) is 8.86. The van der Waals surface area contributed by atoms with E-state index < -0.39 is 5.97 Å². The lowest BCUT2D eigenvalue weighted by atomic mass is 10.1. The highest BCUT2D eigenvalue weighted by molar-refractivity contribution is 5.73. The Bertz CT molecular complexity index is 385. The second-order valence-corrected chi connectivity index (χ2v) is 4.76. The van der Waals surface area contributed by atoms with Gasteiger partial charge in [-0.15, -0.1) is 0 Å². The van der Waals surface area contributed by atoms with Crippen LogP contribution in [0.15, 0.2) is 30.3 Å². The third-order valence-corrected chi connectivity index (χ3v) is 3.77. The Morgan fingerprint density at radius 2 is 1.87 bits per heavy atom. The maximum atomic E-state index is 10.7. The molecule has 0 radical (unpaired) electrons. The third-order valence-electron chi connectivity index (χ3n) is 3.77. The van der Waals surface area contributed by atoms with Gasteiger partial charge in [-0.1, -0.05) is 30.3 Å². The number of carboxylic acid groups (broad SMARTS) is 1. The van der Waals surface area contributed by atoms with Gasteiger partial charge in [-0.3, -0.25) is 4.79 Å². The van der Waals surface area contributed by atoms with Gasteiger partial charge in [-0.05, 0) is 36.2 Å². The zero-order valence-corrected chi connectivity index (χ0v) is 8.47. The van der Waals surface area contributed by atoms with Crippen molar-refractivity contribution in [1.29, 1.82) is 0 Å². The smallest absolute Gasteiger partial charge is 0.306 e. The zero-order chi connectivity index (χ0) is 10.4. The van der Waals surface area contributed by atoms with Gasteiger partial charge in [0, 0.05) is 0 Å². The molecule has 2 saturated carbocycles. The van der Waals surface area contributed by atoms with Gasteiger partial charge in [0.2, 0.25) is 0 Å². The highest BCUT2D eigenvalue weighted by atomic mass is 16.4. The van der Waals surface area contributed by atoms with E-state index in [0.29, 0.717) is 17.8 Å². The van der Waals surface area contributed by atoms with Gasteiger partial charge in [0.15, 0.2) is 0 Å². The highest BCUT2D eigenvalue weighted by Gasteiger charge is 2.56. The fourth-order valence-electron chi connectivity index (χ4n) is 2.74. The highest BCUT2D eigenvalue weighted by Crippen LogP contribution is 2.61. The maximum absolute atomic E-state index is 10.7. The SMILES string of the molecule is O=C(O)C1CC1C1CC1c1ccccc1. The normalized spacial score (nSPS) is 37.3. The van der Waals surface area contributed by atoms with Gasteiger partial charge in [0.05, 0.1) is 5.92 Å². The van der Waals surface area contributed by atoms with Crippen LogP contribution in [0, 0.1) is 17.8 Å². The first-order chi connectivity index (χ1) is 7.27. The number of aliphatic carboxylic acids is 1. The van der Waals surface area contributed by atoms with Crippen LogP contribution in [0.2, 0.25) is 0 Å². The predicted molar refractivity (Wildman–Crippen MR) is 56.5 cm³/mol. The number of hydrogen-bond acceptors (Lipinski definition) is 1. The molecule has 3 rings (SSSR count). The number of hydrogen-bond donors (Lipinski definition) is 1. The lowest BCUT2D eigenvalue weighted by Crippen LogP contribution is -2.00. The molecule has 2 aliphatic rings. The first kappa shape index (κ1) is 8.96. The van der Waals surface area contributed by atoms with Gasteiger partial charge in [-0.25, -0.2) is 0 Å². The summed E-state index contributed by atoms with van der Waals surface area (Å²) in [4.78, 5) is 10.7. The van der Waals surface area contributed by atoms with E-state index >= 15 is 0 Å². The monoisotopic (exact) mass is 202 g/mol. The van der Waals surface area contributed by atoms with Gasteiger partial charge >= 0.3 is 5.97 Å². The Labute approximate surface area is 88.9 Å². The molecule has 2 aliphatic carbocycles. The van der Waals surface area contributed by atoms with Crippen LogP contribution in [-0.4, -0.2) is 11.1 Å². The van der Waals surface area contributed by atoms with Crippen molar-refractivity contribution in [3.63, 3.8) is 0 Å². The van der Waals surface area contributed by atoms with E-state index in [2.05, 4.69) is 24.3 Å². The van der Waals surface area contributed by atoms with Crippen molar-refractivity contribution in [2.75, 3.05) is 0 Å². The summed E-state index contributed by atoms with van der Waals surface area (Å²) in [7, 11) is 0. The Balaban J connectivity index is 1.64. The maximum Gasteiger partial charge on any atom is 0.306 e. The van der Waals surface area contributed by atoms with Crippen molar-refractivity contribution < 1.29 is 9.90 Å². The Morgan fingerprint density at radius 1 is 1.13 bits per heavy atom. The summed E-state index contributed by atoms with van der Waals surface area (Å²) in [6.45, 7) is 0. The molecule has 0 bridgehead atoms. The molecule has 1 N–H and O–H groups in total. The van der Waals surface area contributed by atoms with E-state index in [0.717, 1.165) is 6.42 Å². The molecule has 0 saturated heterocycles. The molecule has 0 aliphatic heterocycles. The Kier molecular flexibility index (Phi) is 1.84. The molecule has 0 aromatic heterocycles. The molecule has 0 heterocycles. The van der Waals surface area contributed by atoms with Crippen molar-refractivity contribution >= 4 is 5.97 Å². The Morgan fingerprint density at radius 3 is 2.47 bits per heavy atom. The average molecular weight is 202 g/mol. The van der Waals surface area contributed by atoms with Crippen molar-refractivity contribution in [1.82, 2.24) is 0 Å². The van der Waals surface area contributed by atoms with Crippen molar-refractivity contribution in [2.24, 2.45) is 17.8 Å². The molecule has 0 spiro atoms. The minimum atomic E-state index is -0.598. The summed E-state index contributed by atoms with van der Waals surface area (Å²) >= 11 is 0. The van der Waals surface area contributed by atoms with Crippen LogP contribution in [0.1, 0.15) is 24.3 Å². The van der Waals surface area contributed by atoms with E-state index in [9.17, 15) is 4.79 Å². The standard InChI is InChI=1S/C13H14O2/c14-13(15)12-7-11(12)10-6-9(10)8-4-2-1-3-5-8/h1-5,9-12H,6-7H2,(H,14,15). The lowest BCUT2D eigenvalue weighted by molar-refractivity contribution is -0.138. The average Bonchev–Trinajstić information content (AvgIpc) is 3.11. The quantitative estimate of drug-likeness (QED) is 0.817. The molecule has 4 atom stereocenters. The molecule has 2 fully saturated rings. The van der Waals surface area contributed by atoms with Crippen LogP contribution in [-0.2, 0) is 4.79 Å². The summed E-state index contributed by atoms with van der Waals surface area (Å²) in [6.07, 6.45) is 2.10. The van der Waals surface area contributed by atoms with Crippen LogP contribution in [0.3, 0.4) is 0 Å². The van der Waals surface area contributed by atoms with Crippen molar-refractivity contribution in [3.05, 3.63) is 35.9 Å². The largest absolute Gasteiger partial charge is 0.481 e. The molecule has 1 aromatic carbocycles. The fourth-order valence-corrected chi connectivity index (χ4v) is 2.74. The molecule has 78 valence electrons. The number of carboxylic acids is 1. The Hall–Kier alpha value is -1.31. The summed E-state index contributed by atoms with van der Waals surface area (Å²) in [6, 6.07) is 10.5. The first-order valence-corrected chi connectivity index (χ1v) is 5.55. The molecule has 1 aromatic rings. The van der Waals surface area contributed by atoms with Crippen LogP contribution in [0.4, 0.5) is 0 Å². The second kappa shape index (κ2) is 3.09. The van der Waals surface area contributed by atoms with Crippen molar-refractivity contribution in [3.8, 4) is 0 Å². The zero-order valence-electron chi connectivity index (χ0n) is 8.47. The molecule has 2 nitrogen and oxygen atoms in total. The molecule has 4 unspecified atom stereocenters. The summed E-state index contributed by atoms with van der Waals surface area (Å²) < 4.78 is 0.